The minimum absolute atomic E-state index is 0.265. The summed E-state index contributed by atoms with van der Waals surface area (Å²) < 4.78 is 47.5. The van der Waals surface area contributed by atoms with Crippen molar-refractivity contribution < 1.29 is 57.0 Å². The molecule has 1 aliphatic heterocycles. The first-order valence-corrected chi connectivity index (χ1v) is 23.9. The number of amides is 1. The van der Waals surface area contributed by atoms with Crippen molar-refractivity contribution in [2.24, 2.45) is 0 Å². The number of hydrogen-bond acceptors (Lipinski definition) is 11. The maximum Gasteiger partial charge on any atom is 0.397 e. The van der Waals surface area contributed by atoms with E-state index >= 15 is 0 Å². The molecule has 1 amide bonds. The lowest BCUT2D eigenvalue weighted by Gasteiger charge is -2.41. The lowest BCUT2D eigenvalue weighted by Crippen LogP contribution is -2.61. The number of ether oxygens (including phenoxy) is 2. The minimum Gasteiger partial charge on any atom is -0.394 e. The first-order valence-electron chi connectivity index (χ1n) is 22.5. The molecule has 8 atom stereocenters. The Morgan fingerprint density at radius 2 is 1.04 bits per heavy atom. The summed E-state index contributed by atoms with van der Waals surface area (Å²) in [4.78, 5) is 13.1. The Morgan fingerprint density at radius 3 is 1.43 bits per heavy atom. The van der Waals surface area contributed by atoms with Crippen LogP contribution in [0.5, 0.6) is 0 Å². The summed E-state index contributed by atoms with van der Waals surface area (Å²) in [6, 6.07) is -1.03. The molecule has 13 nitrogen and oxygen atoms in total. The smallest absolute Gasteiger partial charge is 0.394 e. The zero-order valence-corrected chi connectivity index (χ0v) is 35.9. The third-order valence-electron chi connectivity index (χ3n) is 11.0. The van der Waals surface area contributed by atoms with Crippen LogP contribution in [0.15, 0.2) is 0 Å². The summed E-state index contributed by atoms with van der Waals surface area (Å²) >= 11 is 0. The number of hydrogen-bond donors (Lipinski definition) is 7. The molecule has 0 aromatic rings. The molecule has 1 aliphatic rings. The number of carbonyl (C=O) groups is 1. The Balaban J connectivity index is 2.58. The van der Waals surface area contributed by atoms with E-state index in [-0.39, 0.29) is 6.42 Å². The van der Waals surface area contributed by atoms with Crippen LogP contribution in [0, 0.1) is 0 Å². The quantitative estimate of drug-likeness (QED) is 0.0244. The van der Waals surface area contributed by atoms with E-state index in [1.54, 1.807) is 0 Å². The van der Waals surface area contributed by atoms with E-state index in [4.69, 9.17) is 14.0 Å². The van der Waals surface area contributed by atoms with E-state index in [9.17, 15) is 38.7 Å². The van der Waals surface area contributed by atoms with Gasteiger partial charge in [0.05, 0.1) is 25.4 Å². The average molecular weight is 826 g/mol. The largest absolute Gasteiger partial charge is 0.397 e. The van der Waals surface area contributed by atoms with E-state index in [0.29, 0.717) is 19.3 Å². The van der Waals surface area contributed by atoms with Crippen LogP contribution in [0.3, 0.4) is 0 Å². The third kappa shape index (κ3) is 26.2. The monoisotopic (exact) mass is 826 g/mol. The van der Waals surface area contributed by atoms with Crippen molar-refractivity contribution in [1.29, 1.82) is 0 Å². The zero-order valence-electron chi connectivity index (χ0n) is 35.1. The summed E-state index contributed by atoms with van der Waals surface area (Å²) in [5.74, 6) is -0.668. The molecule has 0 radical (unpaired) electrons. The van der Waals surface area contributed by atoms with Gasteiger partial charge in [0, 0.05) is 0 Å². The SMILES string of the molecule is CCCCCCCCCCCCCCCCC(O)C(COC1OC(CO)C(O)C(OS(=O)(=O)O)C1O)NC(=O)C(O)CCCCCCCCCCCCCCC. The predicted molar refractivity (Wildman–Crippen MR) is 219 cm³/mol. The summed E-state index contributed by atoms with van der Waals surface area (Å²) in [5, 5.41) is 55.3. The van der Waals surface area contributed by atoms with Gasteiger partial charge in [-0.2, -0.15) is 8.42 Å². The molecule has 1 fully saturated rings. The molecule has 0 aliphatic carbocycles. The van der Waals surface area contributed by atoms with Crippen molar-refractivity contribution >= 4 is 16.3 Å². The van der Waals surface area contributed by atoms with Crippen molar-refractivity contribution in [3.8, 4) is 0 Å². The Hall–Kier alpha value is -0.940. The Morgan fingerprint density at radius 1 is 0.643 bits per heavy atom. The predicted octanol–water partition coefficient (Wildman–Crippen LogP) is 7.19. The van der Waals surface area contributed by atoms with E-state index < -0.39 is 78.5 Å². The van der Waals surface area contributed by atoms with Crippen molar-refractivity contribution in [2.45, 2.75) is 249 Å². The van der Waals surface area contributed by atoms with Gasteiger partial charge in [0.2, 0.25) is 5.91 Å². The number of rotatable bonds is 38. The van der Waals surface area contributed by atoms with Gasteiger partial charge in [-0.1, -0.05) is 187 Å². The number of nitrogens with one attached hydrogen (secondary N) is 1. The minimum atomic E-state index is -5.10. The van der Waals surface area contributed by atoms with Crippen molar-refractivity contribution in [3.63, 3.8) is 0 Å². The Labute approximate surface area is 340 Å². The number of aliphatic hydroxyl groups is 5. The molecular formula is C42H83NO12S. The highest BCUT2D eigenvalue weighted by atomic mass is 32.3. The van der Waals surface area contributed by atoms with Gasteiger partial charge in [-0.3, -0.25) is 9.35 Å². The first kappa shape index (κ1) is 53.1. The van der Waals surface area contributed by atoms with Gasteiger partial charge < -0.3 is 40.3 Å². The van der Waals surface area contributed by atoms with Crippen LogP contribution in [0.4, 0.5) is 0 Å². The van der Waals surface area contributed by atoms with Crippen LogP contribution in [-0.4, -0.2) is 107 Å². The average Bonchev–Trinajstić information content (AvgIpc) is 3.16. The highest BCUT2D eigenvalue weighted by Gasteiger charge is 2.48. The van der Waals surface area contributed by atoms with Crippen LogP contribution in [0.25, 0.3) is 0 Å². The second kappa shape index (κ2) is 33.8. The molecular weight excluding hydrogens is 743 g/mol. The van der Waals surface area contributed by atoms with E-state index in [2.05, 4.69) is 23.3 Å². The van der Waals surface area contributed by atoms with Gasteiger partial charge in [-0.05, 0) is 12.8 Å². The molecule has 8 unspecified atom stereocenters. The van der Waals surface area contributed by atoms with E-state index in [0.717, 1.165) is 38.5 Å². The standard InChI is InChI=1S/C42H83NO12S/c1-3-5-7-9-11-13-15-17-19-20-22-24-26-28-30-35(45)34(33-53-42-39(48)40(55-56(50,51)52)38(47)37(32-44)54-42)43-41(49)36(46)31-29-27-25-23-21-18-16-14-12-10-8-6-4-2/h34-40,42,44-48H,3-33H2,1-2H3,(H,43,49)(H,50,51,52). The summed E-state index contributed by atoms with van der Waals surface area (Å²) in [6.07, 6.45) is 21.4. The van der Waals surface area contributed by atoms with Gasteiger partial charge in [0.25, 0.3) is 0 Å². The fourth-order valence-electron chi connectivity index (χ4n) is 7.41. The molecule has 0 bridgehead atoms. The van der Waals surface area contributed by atoms with Crippen molar-refractivity contribution in [3.05, 3.63) is 0 Å². The van der Waals surface area contributed by atoms with Gasteiger partial charge in [0.1, 0.15) is 30.5 Å². The van der Waals surface area contributed by atoms with Gasteiger partial charge in [-0.25, -0.2) is 4.18 Å². The van der Waals surface area contributed by atoms with Gasteiger partial charge >= 0.3 is 10.4 Å². The van der Waals surface area contributed by atoms with E-state index in [1.807, 2.05) is 0 Å². The van der Waals surface area contributed by atoms with Gasteiger partial charge in [0.15, 0.2) is 6.29 Å². The Kier molecular flexibility index (Phi) is 32.1. The molecule has 0 aromatic heterocycles. The molecule has 0 spiro atoms. The second-order valence-corrected chi connectivity index (χ2v) is 17.2. The summed E-state index contributed by atoms with van der Waals surface area (Å²) in [6.45, 7) is 3.27. The molecule has 1 saturated heterocycles. The number of carbonyl (C=O) groups excluding carboxylic acids is 1. The lowest BCUT2D eigenvalue weighted by atomic mass is 9.99. The lowest BCUT2D eigenvalue weighted by molar-refractivity contribution is -0.298. The molecule has 56 heavy (non-hydrogen) atoms. The van der Waals surface area contributed by atoms with Crippen LogP contribution in [0.2, 0.25) is 0 Å². The normalized spacial score (nSPS) is 21.9. The zero-order chi connectivity index (χ0) is 41.4. The van der Waals surface area contributed by atoms with E-state index in [1.165, 1.54) is 122 Å². The highest BCUT2D eigenvalue weighted by Crippen LogP contribution is 2.26. The molecule has 14 heteroatoms. The van der Waals surface area contributed by atoms with Crippen LogP contribution < -0.4 is 5.32 Å². The van der Waals surface area contributed by atoms with Crippen LogP contribution in [-0.2, 0) is 28.9 Å². The number of unbranched alkanes of at least 4 members (excludes halogenated alkanes) is 25. The molecule has 334 valence electrons. The summed E-state index contributed by atoms with van der Waals surface area (Å²) in [7, 11) is -5.10. The number of aliphatic hydroxyl groups excluding tert-OH is 5. The van der Waals surface area contributed by atoms with Crippen molar-refractivity contribution in [1.82, 2.24) is 5.32 Å². The van der Waals surface area contributed by atoms with Crippen LogP contribution >= 0.6 is 0 Å². The van der Waals surface area contributed by atoms with Crippen LogP contribution in [0.1, 0.15) is 200 Å². The third-order valence-corrected chi connectivity index (χ3v) is 11.5. The van der Waals surface area contributed by atoms with Gasteiger partial charge in [-0.15, -0.1) is 0 Å². The fourth-order valence-corrected chi connectivity index (χ4v) is 7.92. The van der Waals surface area contributed by atoms with Crippen molar-refractivity contribution in [2.75, 3.05) is 13.2 Å². The topological polar surface area (TPSA) is 212 Å². The molecule has 1 rings (SSSR count). The Bertz CT molecular complexity index is 1040. The molecule has 1 heterocycles. The fraction of sp³-hybridized carbons (Fsp3) is 0.976. The molecule has 0 saturated carbocycles. The second-order valence-electron chi connectivity index (χ2n) is 16.1. The maximum absolute atomic E-state index is 13.1. The highest BCUT2D eigenvalue weighted by molar-refractivity contribution is 7.80. The summed E-state index contributed by atoms with van der Waals surface area (Å²) in [5.41, 5.74) is 0. The molecule has 0 aromatic carbocycles. The maximum atomic E-state index is 13.1. The first-order chi connectivity index (χ1) is 26.9. The molecule has 7 N–H and O–H groups in total.